The first-order valence-corrected chi connectivity index (χ1v) is 4.59. The standard InChI is InChI=1S/C11H12N2O/c1-11(14)7-13(8-11)10-5-3-2-4-9(10)6-12/h2-5,14H,7-8H2,1H3. The lowest BCUT2D eigenvalue weighted by atomic mass is 9.95. The Bertz CT molecular complexity index is 385. The average molecular weight is 188 g/mol. The van der Waals surface area contributed by atoms with E-state index < -0.39 is 5.60 Å². The molecule has 1 aliphatic rings. The van der Waals surface area contributed by atoms with E-state index >= 15 is 0 Å². The van der Waals surface area contributed by atoms with Gasteiger partial charge < -0.3 is 10.0 Å². The highest BCUT2D eigenvalue weighted by Gasteiger charge is 2.37. The van der Waals surface area contributed by atoms with E-state index in [0.29, 0.717) is 18.7 Å². The highest BCUT2D eigenvalue weighted by molar-refractivity contribution is 5.61. The van der Waals surface area contributed by atoms with Gasteiger partial charge in [-0.2, -0.15) is 5.26 Å². The predicted molar refractivity (Wildman–Crippen MR) is 54.0 cm³/mol. The van der Waals surface area contributed by atoms with Crippen molar-refractivity contribution < 1.29 is 5.11 Å². The molecule has 1 aliphatic heterocycles. The molecule has 3 heteroatoms. The van der Waals surface area contributed by atoms with Crippen LogP contribution in [0.4, 0.5) is 5.69 Å². The number of aliphatic hydroxyl groups is 1. The van der Waals surface area contributed by atoms with Gasteiger partial charge in [-0.25, -0.2) is 0 Å². The van der Waals surface area contributed by atoms with Gasteiger partial charge in [0.2, 0.25) is 0 Å². The van der Waals surface area contributed by atoms with Gasteiger partial charge in [0, 0.05) is 13.1 Å². The fourth-order valence-electron chi connectivity index (χ4n) is 1.79. The smallest absolute Gasteiger partial charge is 0.101 e. The molecule has 72 valence electrons. The molecule has 0 unspecified atom stereocenters. The second-order valence-corrected chi connectivity index (χ2v) is 3.98. The third-order valence-electron chi connectivity index (χ3n) is 2.43. The van der Waals surface area contributed by atoms with Crippen LogP contribution >= 0.6 is 0 Å². The van der Waals surface area contributed by atoms with Crippen LogP contribution in [0, 0.1) is 11.3 Å². The number of nitriles is 1. The maximum atomic E-state index is 9.58. The van der Waals surface area contributed by atoms with Crippen molar-refractivity contribution in [1.82, 2.24) is 0 Å². The summed E-state index contributed by atoms with van der Waals surface area (Å²) in [5.74, 6) is 0. The minimum Gasteiger partial charge on any atom is -0.386 e. The lowest BCUT2D eigenvalue weighted by Gasteiger charge is -2.46. The summed E-state index contributed by atoms with van der Waals surface area (Å²) >= 11 is 0. The van der Waals surface area contributed by atoms with Gasteiger partial charge in [-0.15, -0.1) is 0 Å². The van der Waals surface area contributed by atoms with Crippen molar-refractivity contribution in [3.63, 3.8) is 0 Å². The maximum Gasteiger partial charge on any atom is 0.101 e. The van der Waals surface area contributed by atoms with Crippen molar-refractivity contribution in [2.24, 2.45) is 0 Å². The van der Waals surface area contributed by atoms with Gasteiger partial charge in [0.1, 0.15) is 6.07 Å². The molecule has 3 nitrogen and oxygen atoms in total. The number of hydrogen-bond donors (Lipinski definition) is 1. The van der Waals surface area contributed by atoms with E-state index in [9.17, 15) is 5.11 Å². The molecule has 2 rings (SSSR count). The van der Waals surface area contributed by atoms with Crippen LogP contribution in [-0.2, 0) is 0 Å². The minimum atomic E-state index is -0.595. The molecular weight excluding hydrogens is 176 g/mol. The van der Waals surface area contributed by atoms with Crippen LogP contribution in [0.3, 0.4) is 0 Å². The number of anilines is 1. The van der Waals surface area contributed by atoms with Gasteiger partial charge in [-0.1, -0.05) is 12.1 Å². The second-order valence-electron chi connectivity index (χ2n) is 3.98. The Kier molecular flexibility index (Phi) is 1.94. The number of nitrogens with zero attached hydrogens (tertiary/aromatic N) is 2. The van der Waals surface area contributed by atoms with Gasteiger partial charge in [0.15, 0.2) is 0 Å². The van der Waals surface area contributed by atoms with Crippen molar-refractivity contribution in [1.29, 1.82) is 5.26 Å². The predicted octanol–water partition coefficient (Wildman–Crippen LogP) is 1.13. The normalized spacial score (nSPS) is 18.5. The van der Waals surface area contributed by atoms with Crippen molar-refractivity contribution in [3.8, 4) is 6.07 Å². The molecule has 0 aliphatic carbocycles. The zero-order chi connectivity index (χ0) is 10.2. The molecule has 0 amide bonds. The van der Waals surface area contributed by atoms with Crippen LogP contribution in [0.2, 0.25) is 0 Å². The second kappa shape index (κ2) is 3.00. The molecule has 0 aromatic heterocycles. The first kappa shape index (κ1) is 9.04. The summed E-state index contributed by atoms with van der Waals surface area (Å²) in [6.07, 6.45) is 0. The van der Waals surface area contributed by atoms with E-state index in [1.54, 1.807) is 13.0 Å². The van der Waals surface area contributed by atoms with Gasteiger partial charge in [0.05, 0.1) is 16.9 Å². The molecule has 0 radical (unpaired) electrons. The zero-order valence-corrected chi connectivity index (χ0v) is 8.07. The van der Waals surface area contributed by atoms with Crippen molar-refractivity contribution in [2.45, 2.75) is 12.5 Å². The van der Waals surface area contributed by atoms with Crippen LogP contribution < -0.4 is 4.90 Å². The van der Waals surface area contributed by atoms with E-state index in [0.717, 1.165) is 5.69 Å². The van der Waals surface area contributed by atoms with Crippen molar-refractivity contribution in [2.75, 3.05) is 18.0 Å². The molecule has 0 atom stereocenters. The molecule has 0 saturated carbocycles. The summed E-state index contributed by atoms with van der Waals surface area (Å²) in [6.45, 7) is 3.01. The Hall–Kier alpha value is -1.53. The Morgan fingerprint density at radius 1 is 1.43 bits per heavy atom. The molecular formula is C11H12N2O. The third kappa shape index (κ3) is 1.45. The highest BCUT2D eigenvalue weighted by Crippen LogP contribution is 2.29. The number of rotatable bonds is 1. The molecule has 1 N–H and O–H groups in total. The number of β-amino-alcohol motifs (C(OH)–C–C–N with tert-alkyl or cyclic N) is 1. The summed E-state index contributed by atoms with van der Waals surface area (Å²) in [4.78, 5) is 2.01. The monoisotopic (exact) mass is 188 g/mol. The summed E-state index contributed by atoms with van der Waals surface area (Å²) < 4.78 is 0. The Balaban J connectivity index is 2.23. The SMILES string of the molecule is CC1(O)CN(c2ccccc2C#N)C1. The van der Waals surface area contributed by atoms with Gasteiger partial charge in [0.25, 0.3) is 0 Å². The van der Waals surface area contributed by atoms with E-state index in [1.807, 2.05) is 23.1 Å². The molecule has 1 heterocycles. The van der Waals surface area contributed by atoms with Crippen LogP contribution in [-0.4, -0.2) is 23.8 Å². The van der Waals surface area contributed by atoms with E-state index in [1.165, 1.54) is 0 Å². The Labute approximate surface area is 83.2 Å². The summed E-state index contributed by atoms with van der Waals surface area (Å²) in [5.41, 5.74) is 0.993. The first-order chi connectivity index (χ1) is 6.62. The van der Waals surface area contributed by atoms with Crippen LogP contribution in [0.1, 0.15) is 12.5 Å². The largest absolute Gasteiger partial charge is 0.386 e. The molecule has 0 spiro atoms. The Morgan fingerprint density at radius 2 is 2.07 bits per heavy atom. The van der Waals surface area contributed by atoms with E-state index in [-0.39, 0.29) is 0 Å². The lowest BCUT2D eigenvalue weighted by Crippen LogP contribution is -2.60. The first-order valence-electron chi connectivity index (χ1n) is 4.59. The molecule has 1 aromatic carbocycles. The van der Waals surface area contributed by atoms with Crippen molar-refractivity contribution >= 4 is 5.69 Å². The van der Waals surface area contributed by atoms with Crippen LogP contribution in [0.15, 0.2) is 24.3 Å². The Morgan fingerprint density at radius 3 is 2.64 bits per heavy atom. The van der Waals surface area contributed by atoms with Gasteiger partial charge in [-0.05, 0) is 19.1 Å². The quantitative estimate of drug-likeness (QED) is 0.718. The topological polar surface area (TPSA) is 47.3 Å². The van der Waals surface area contributed by atoms with Crippen LogP contribution in [0.5, 0.6) is 0 Å². The molecule has 1 aromatic rings. The molecule has 1 saturated heterocycles. The summed E-state index contributed by atoms with van der Waals surface area (Å²) in [5, 5.41) is 18.5. The lowest BCUT2D eigenvalue weighted by molar-refractivity contribution is 0.0310. The number of hydrogen-bond acceptors (Lipinski definition) is 3. The van der Waals surface area contributed by atoms with E-state index in [2.05, 4.69) is 6.07 Å². The van der Waals surface area contributed by atoms with E-state index in [4.69, 9.17) is 5.26 Å². The highest BCUT2D eigenvalue weighted by atomic mass is 16.3. The summed E-state index contributed by atoms with van der Waals surface area (Å²) in [7, 11) is 0. The molecule has 1 fully saturated rings. The maximum absolute atomic E-state index is 9.58. The zero-order valence-electron chi connectivity index (χ0n) is 8.07. The minimum absolute atomic E-state index is 0.595. The van der Waals surface area contributed by atoms with Gasteiger partial charge >= 0.3 is 0 Å². The van der Waals surface area contributed by atoms with Crippen molar-refractivity contribution in [3.05, 3.63) is 29.8 Å². The number of benzene rings is 1. The average Bonchev–Trinajstić information content (AvgIpc) is 2.14. The number of para-hydroxylation sites is 1. The fourth-order valence-corrected chi connectivity index (χ4v) is 1.79. The fraction of sp³-hybridized carbons (Fsp3) is 0.364. The van der Waals surface area contributed by atoms with Crippen LogP contribution in [0.25, 0.3) is 0 Å². The molecule has 0 bridgehead atoms. The summed E-state index contributed by atoms with van der Waals surface area (Å²) in [6, 6.07) is 9.61. The molecule has 14 heavy (non-hydrogen) atoms. The van der Waals surface area contributed by atoms with Gasteiger partial charge in [-0.3, -0.25) is 0 Å². The third-order valence-corrected chi connectivity index (χ3v) is 2.43.